The number of likely N-dealkylation sites (N-methyl/N-ethyl adjacent to an activating group) is 1. The van der Waals surface area contributed by atoms with E-state index in [2.05, 4.69) is 46.4 Å². The van der Waals surface area contributed by atoms with Crippen molar-refractivity contribution in [3.05, 3.63) is 68.1 Å². The van der Waals surface area contributed by atoms with Crippen LogP contribution in [0.3, 0.4) is 0 Å². The van der Waals surface area contributed by atoms with Gasteiger partial charge < -0.3 is 5.32 Å². The van der Waals surface area contributed by atoms with Crippen molar-refractivity contribution in [3.8, 4) is 0 Å². The van der Waals surface area contributed by atoms with Crippen molar-refractivity contribution in [2.24, 2.45) is 0 Å². The topological polar surface area (TPSA) is 12.0 Å². The highest BCUT2D eigenvalue weighted by Crippen LogP contribution is 2.29. The number of hydrogen-bond acceptors (Lipinski definition) is 1. The van der Waals surface area contributed by atoms with Crippen molar-refractivity contribution in [3.63, 3.8) is 0 Å². The fourth-order valence-electron chi connectivity index (χ4n) is 2.18. The first-order valence-corrected chi connectivity index (χ1v) is 8.08. The maximum absolute atomic E-state index is 6.34. The summed E-state index contributed by atoms with van der Waals surface area (Å²) in [7, 11) is 0. The molecule has 0 saturated heterocycles. The Morgan fingerprint density at radius 3 is 2.45 bits per heavy atom. The second kappa shape index (κ2) is 7.46. The Morgan fingerprint density at radius 1 is 1.10 bits per heavy atom. The van der Waals surface area contributed by atoms with Crippen LogP contribution >= 0.6 is 39.1 Å². The molecule has 1 unspecified atom stereocenters. The maximum atomic E-state index is 6.34. The second-order valence-corrected chi connectivity index (χ2v) is 6.37. The van der Waals surface area contributed by atoms with Crippen LogP contribution in [0.1, 0.15) is 24.1 Å². The summed E-state index contributed by atoms with van der Waals surface area (Å²) >= 11 is 15.8. The number of hydrogen-bond donors (Lipinski definition) is 1. The van der Waals surface area contributed by atoms with Crippen molar-refractivity contribution in [2.75, 3.05) is 6.54 Å². The molecule has 0 amide bonds. The Morgan fingerprint density at radius 2 is 1.80 bits per heavy atom. The van der Waals surface area contributed by atoms with Crippen LogP contribution in [0.4, 0.5) is 0 Å². The lowest BCUT2D eigenvalue weighted by Crippen LogP contribution is -2.23. The molecule has 0 saturated carbocycles. The minimum Gasteiger partial charge on any atom is -0.310 e. The van der Waals surface area contributed by atoms with Crippen LogP contribution in [0, 0.1) is 0 Å². The number of benzene rings is 2. The Hall–Kier alpha value is -0.540. The zero-order valence-corrected chi connectivity index (χ0v) is 14.3. The summed E-state index contributed by atoms with van der Waals surface area (Å²) < 4.78 is 1.04. The first-order valence-electron chi connectivity index (χ1n) is 6.53. The molecule has 2 aromatic rings. The Kier molecular flexibility index (Phi) is 5.91. The van der Waals surface area contributed by atoms with E-state index in [4.69, 9.17) is 23.2 Å². The first kappa shape index (κ1) is 15.8. The van der Waals surface area contributed by atoms with Crippen LogP contribution in [0.15, 0.2) is 46.9 Å². The number of nitrogens with one attached hydrogen (secondary N) is 1. The third-order valence-electron chi connectivity index (χ3n) is 3.14. The van der Waals surface area contributed by atoms with Crippen molar-refractivity contribution < 1.29 is 0 Å². The van der Waals surface area contributed by atoms with E-state index >= 15 is 0 Å². The molecule has 0 aliphatic heterocycles. The van der Waals surface area contributed by atoms with Gasteiger partial charge in [-0.25, -0.2) is 0 Å². The van der Waals surface area contributed by atoms with E-state index in [-0.39, 0.29) is 6.04 Å². The minimum atomic E-state index is 0.186. The van der Waals surface area contributed by atoms with E-state index < -0.39 is 0 Å². The summed E-state index contributed by atoms with van der Waals surface area (Å²) in [5, 5.41) is 5.04. The smallest absolute Gasteiger partial charge is 0.0454 e. The Balaban J connectivity index is 2.26. The van der Waals surface area contributed by atoms with Crippen LogP contribution in [-0.4, -0.2) is 6.54 Å². The molecule has 20 heavy (non-hydrogen) atoms. The van der Waals surface area contributed by atoms with Gasteiger partial charge in [0.25, 0.3) is 0 Å². The van der Waals surface area contributed by atoms with Crippen molar-refractivity contribution in [1.29, 1.82) is 0 Å². The van der Waals surface area contributed by atoms with E-state index in [9.17, 15) is 0 Å². The molecule has 2 rings (SSSR count). The van der Waals surface area contributed by atoms with Gasteiger partial charge in [0, 0.05) is 20.6 Å². The maximum Gasteiger partial charge on any atom is 0.0454 e. The first-order chi connectivity index (χ1) is 9.60. The van der Waals surface area contributed by atoms with Crippen LogP contribution in [0.2, 0.25) is 10.0 Å². The lowest BCUT2D eigenvalue weighted by Gasteiger charge is -2.20. The van der Waals surface area contributed by atoms with E-state index in [1.165, 1.54) is 5.56 Å². The molecule has 2 aromatic carbocycles. The summed E-state index contributed by atoms with van der Waals surface area (Å²) in [4.78, 5) is 0. The molecule has 0 aromatic heterocycles. The van der Waals surface area contributed by atoms with Gasteiger partial charge in [0.15, 0.2) is 0 Å². The molecule has 0 aliphatic rings. The van der Waals surface area contributed by atoms with Crippen LogP contribution in [0.25, 0.3) is 0 Å². The molecule has 1 nitrogen and oxygen atoms in total. The summed E-state index contributed by atoms with van der Waals surface area (Å²) in [6.07, 6.45) is 0.876. The highest BCUT2D eigenvalue weighted by atomic mass is 79.9. The van der Waals surface area contributed by atoms with Crippen molar-refractivity contribution >= 4 is 39.1 Å². The van der Waals surface area contributed by atoms with E-state index in [1.807, 2.05) is 24.3 Å². The molecular weight excluding hydrogens is 357 g/mol. The molecule has 1 N–H and O–H groups in total. The van der Waals surface area contributed by atoms with Crippen molar-refractivity contribution in [1.82, 2.24) is 5.32 Å². The van der Waals surface area contributed by atoms with Crippen LogP contribution in [0.5, 0.6) is 0 Å². The Bertz CT molecular complexity index is 569. The minimum absolute atomic E-state index is 0.186. The standard InChI is InChI=1S/C16H16BrCl2N/c1-2-20-16(9-11-3-6-13(18)7-4-11)14-10-12(17)5-8-15(14)19/h3-8,10,16,20H,2,9H2,1H3. The predicted octanol–water partition coefficient (Wildman–Crippen LogP) is 5.65. The van der Waals surface area contributed by atoms with Gasteiger partial charge in [-0.05, 0) is 54.4 Å². The second-order valence-electron chi connectivity index (χ2n) is 4.61. The third kappa shape index (κ3) is 4.23. The fraction of sp³-hybridized carbons (Fsp3) is 0.250. The molecule has 0 aliphatic carbocycles. The zero-order chi connectivity index (χ0) is 14.5. The van der Waals surface area contributed by atoms with Gasteiger partial charge in [-0.3, -0.25) is 0 Å². The van der Waals surface area contributed by atoms with Gasteiger partial charge in [-0.2, -0.15) is 0 Å². The summed E-state index contributed by atoms with van der Waals surface area (Å²) in [5.41, 5.74) is 2.34. The highest BCUT2D eigenvalue weighted by Gasteiger charge is 2.15. The largest absolute Gasteiger partial charge is 0.310 e. The quantitative estimate of drug-likeness (QED) is 0.714. The molecule has 0 bridgehead atoms. The third-order valence-corrected chi connectivity index (χ3v) is 4.23. The van der Waals surface area contributed by atoms with E-state index in [0.717, 1.165) is 33.0 Å². The van der Waals surface area contributed by atoms with Crippen LogP contribution < -0.4 is 5.32 Å². The monoisotopic (exact) mass is 371 g/mol. The molecule has 0 fully saturated rings. The molecule has 0 heterocycles. The molecule has 106 valence electrons. The lowest BCUT2D eigenvalue weighted by molar-refractivity contribution is 0.550. The average molecular weight is 373 g/mol. The summed E-state index contributed by atoms with van der Waals surface area (Å²) in [5.74, 6) is 0. The predicted molar refractivity (Wildman–Crippen MR) is 90.7 cm³/mol. The highest BCUT2D eigenvalue weighted by molar-refractivity contribution is 9.10. The molecule has 1 atom stereocenters. The number of rotatable bonds is 5. The van der Waals surface area contributed by atoms with Gasteiger partial charge in [0.2, 0.25) is 0 Å². The zero-order valence-electron chi connectivity index (χ0n) is 11.2. The van der Waals surface area contributed by atoms with Crippen LogP contribution in [-0.2, 0) is 6.42 Å². The fourth-order valence-corrected chi connectivity index (χ4v) is 2.93. The van der Waals surface area contributed by atoms with Gasteiger partial charge in [0.05, 0.1) is 0 Å². The van der Waals surface area contributed by atoms with Gasteiger partial charge in [0.1, 0.15) is 0 Å². The van der Waals surface area contributed by atoms with E-state index in [1.54, 1.807) is 0 Å². The van der Waals surface area contributed by atoms with Crippen molar-refractivity contribution in [2.45, 2.75) is 19.4 Å². The number of halogens is 3. The summed E-state index contributed by atoms with van der Waals surface area (Å²) in [6.45, 7) is 2.99. The molecule has 4 heteroatoms. The molecule has 0 radical (unpaired) electrons. The summed E-state index contributed by atoms with van der Waals surface area (Å²) in [6, 6.07) is 14.1. The van der Waals surface area contributed by atoms with E-state index in [0.29, 0.717) is 0 Å². The van der Waals surface area contributed by atoms with Gasteiger partial charge >= 0.3 is 0 Å². The lowest BCUT2D eigenvalue weighted by atomic mass is 9.99. The normalized spacial score (nSPS) is 12.4. The molecular formula is C16H16BrCl2N. The average Bonchev–Trinajstić information content (AvgIpc) is 2.43. The SMILES string of the molecule is CCNC(Cc1ccc(Cl)cc1)c1cc(Br)ccc1Cl. The Labute approximate surface area is 138 Å². The van der Waals surface area contributed by atoms with Gasteiger partial charge in [-0.1, -0.05) is 58.2 Å². The van der Waals surface area contributed by atoms with Gasteiger partial charge in [-0.15, -0.1) is 0 Å². The molecule has 0 spiro atoms.